The van der Waals surface area contributed by atoms with E-state index in [0.29, 0.717) is 5.82 Å². The molecule has 0 spiro atoms. The lowest BCUT2D eigenvalue weighted by atomic mass is 9.97. The van der Waals surface area contributed by atoms with Gasteiger partial charge in [-0.25, -0.2) is 9.07 Å². The molecule has 0 unspecified atom stereocenters. The molecule has 1 aliphatic rings. The standard InChI is InChI=1S/C13H13FN4O2/c14-10-7-8(18(19)20)5-6-12(10)17-11-4-2-1-3-9(11)13(15)16-17/h5-7H,1-4H2,(H2,15,16). The van der Waals surface area contributed by atoms with Crippen molar-refractivity contribution in [2.75, 3.05) is 5.73 Å². The van der Waals surface area contributed by atoms with E-state index in [9.17, 15) is 14.5 Å². The van der Waals surface area contributed by atoms with Crippen LogP contribution in [0.15, 0.2) is 18.2 Å². The molecular formula is C13H13FN4O2. The fraction of sp³-hybridized carbons (Fsp3) is 0.308. The lowest BCUT2D eigenvalue weighted by molar-refractivity contribution is -0.385. The minimum Gasteiger partial charge on any atom is -0.382 e. The van der Waals surface area contributed by atoms with Gasteiger partial charge in [0.05, 0.1) is 11.0 Å². The van der Waals surface area contributed by atoms with Gasteiger partial charge in [-0.3, -0.25) is 10.1 Å². The molecule has 0 aliphatic heterocycles. The highest BCUT2D eigenvalue weighted by Gasteiger charge is 2.22. The summed E-state index contributed by atoms with van der Waals surface area (Å²) in [6, 6.07) is 3.54. The fourth-order valence-corrected chi connectivity index (χ4v) is 2.61. The summed E-state index contributed by atoms with van der Waals surface area (Å²) < 4.78 is 15.5. The Labute approximate surface area is 114 Å². The van der Waals surface area contributed by atoms with Gasteiger partial charge in [0, 0.05) is 17.3 Å². The average Bonchev–Trinajstić information content (AvgIpc) is 2.76. The molecule has 6 nitrogen and oxygen atoms in total. The zero-order chi connectivity index (χ0) is 14.3. The lowest BCUT2D eigenvalue weighted by Crippen LogP contribution is -2.09. The number of anilines is 1. The van der Waals surface area contributed by atoms with Gasteiger partial charge in [-0.15, -0.1) is 0 Å². The SMILES string of the molecule is Nc1nn(-c2ccc([N+](=O)[O-])cc2F)c2c1CCCC2. The Morgan fingerprint density at radius 2 is 2.10 bits per heavy atom. The molecule has 1 aromatic heterocycles. The number of nitrogens with two attached hydrogens (primary N) is 1. The number of rotatable bonds is 2. The van der Waals surface area contributed by atoms with Crippen LogP contribution in [0, 0.1) is 15.9 Å². The van der Waals surface area contributed by atoms with Gasteiger partial charge in [-0.2, -0.15) is 5.10 Å². The van der Waals surface area contributed by atoms with Gasteiger partial charge in [0.2, 0.25) is 0 Å². The highest BCUT2D eigenvalue weighted by atomic mass is 19.1. The van der Waals surface area contributed by atoms with Crippen LogP contribution < -0.4 is 5.73 Å². The summed E-state index contributed by atoms with van der Waals surface area (Å²) in [5.41, 5.74) is 7.66. The van der Waals surface area contributed by atoms with Gasteiger partial charge in [-0.05, 0) is 31.7 Å². The van der Waals surface area contributed by atoms with E-state index in [-0.39, 0.29) is 11.4 Å². The summed E-state index contributed by atoms with van der Waals surface area (Å²) >= 11 is 0. The van der Waals surface area contributed by atoms with Crippen LogP contribution in [0.25, 0.3) is 5.69 Å². The second kappa shape index (κ2) is 4.59. The normalized spacial score (nSPS) is 14.1. The summed E-state index contributed by atoms with van der Waals surface area (Å²) in [5, 5.41) is 14.8. The van der Waals surface area contributed by atoms with Crippen LogP contribution in [-0.4, -0.2) is 14.7 Å². The van der Waals surface area contributed by atoms with Crippen molar-refractivity contribution in [3.8, 4) is 5.69 Å². The Hall–Kier alpha value is -2.44. The lowest BCUT2D eigenvalue weighted by Gasteiger charge is -2.14. The number of nitrogens with zero attached hydrogens (tertiary/aromatic N) is 3. The van der Waals surface area contributed by atoms with Crippen molar-refractivity contribution in [2.45, 2.75) is 25.7 Å². The second-order valence-corrected chi connectivity index (χ2v) is 4.82. The van der Waals surface area contributed by atoms with Crippen molar-refractivity contribution in [2.24, 2.45) is 0 Å². The number of aromatic nitrogens is 2. The Morgan fingerprint density at radius 1 is 1.35 bits per heavy atom. The maximum atomic E-state index is 14.1. The minimum atomic E-state index is -0.671. The molecule has 0 saturated heterocycles. The summed E-state index contributed by atoms with van der Waals surface area (Å²) in [4.78, 5) is 10.0. The number of hydrogen-bond donors (Lipinski definition) is 1. The number of halogens is 1. The Kier molecular flexibility index (Phi) is 2.89. The fourth-order valence-electron chi connectivity index (χ4n) is 2.61. The molecule has 1 aromatic carbocycles. The Bertz CT molecular complexity index is 696. The molecule has 104 valence electrons. The first-order valence-corrected chi connectivity index (χ1v) is 6.38. The van der Waals surface area contributed by atoms with Crippen LogP contribution in [-0.2, 0) is 12.8 Å². The van der Waals surface area contributed by atoms with Crippen LogP contribution in [0.2, 0.25) is 0 Å². The first-order valence-electron chi connectivity index (χ1n) is 6.38. The van der Waals surface area contributed by atoms with Gasteiger partial charge in [-0.1, -0.05) is 0 Å². The molecule has 2 N–H and O–H groups in total. The smallest absolute Gasteiger partial charge is 0.272 e. The topological polar surface area (TPSA) is 87.0 Å². The van der Waals surface area contributed by atoms with E-state index in [2.05, 4.69) is 5.10 Å². The molecule has 0 amide bonds. The third kappa shape index (κ3) is 1.91. The number of nitrogen functional groups attached to an aromatic ring is 1. The largest absolute Gasteiger partial charge is 0.382 e. The zero-order valence-electron chi connectivity index (χ0n) is 10.7. The Balaban J connectivity index is 2.12. The van der Waals surface area contributed by atoms with Crippen LogP contribution >= 0.6 is 0 Å². The predicted octanol–water partition coefficient (Wildman–Crippen LogP) is 2.38. The van der Waals surface area contributed by atoms with E-state index in [1.165, 1.54) is 16.8 Å². The van der Waals surface area contributed by atoms with Crippen LogP contribution in [0.3, 0.4) is 0 Å². The van der Waals surface area contributed by atoms with E-state index in [4.69, 9.17) is 5.73 Å². The summed E-state index contributed by atoms with van der Waals surface area (Å²) in [5.74, 6) is -0.257. The third-order valence-corrected chi connectivity index (χ3v) is 3.58. The van der Waals surface area contributed by atoms with E-state index in [0.717, 1.165) is 43.0 Å². The van der Waals surface area contributed by atoms with Crippen LogP contribution in [0.4, 0.5) is 15.9 Å². The highest BCUT2D eigenvalue weighted by Crippen LogP contribution is 2.29. The van der Waals surface area contributed by atoms with Crippen LogP contribution in [0.1, 0.15) is 24.1 Å². The molecule has 20 heavy (non-hydrogen) atoms. The molecule has 3 rings (SSSR count). The summed E-state index contributed by atoms with van der Waals surface area (Å²) in [7, 11) is 0. The van der Waals surface area contributed by atoms with Gasteiger partial charge in [0.25, 0.3) is 5.69 Å². The van der Waals surface area contributed by atoms with Crippen molar-refractivity contribution in [1.29, 1.82) is 0 Å². The monoisotopic (exact) mass is 276 g/mol. The van der Waals surface area contributed by atoms with E-state index < -0.39 is 10.7 Å². The number of fused-ring (bicyclic) bond motifs is 1. The number of hydrogen-bond acceptors (Lipinski definition) is 4. The zero-order valence-corrected chi connectivity index (χ0v) is 10.7. The van der Waals surface area contributed by atoms with Crippen molar-refractivity contribution in [3.63, 3.8) is 0 Å². The van der Waals surface area contributed by atoms with E-state index in [1.54, 1.807) is 0 Å². The number of non-ortho nitro benzene ring substituents is 1. The van der Waals surface area contributed by atoms with Crippen LogP contribution in [0.5, 0.6) is 0 Å². The minimum absolute atomic E-state index is 0.199. The van der Waals surface area contributed by atoms with Crippen molar-refractivity contribution in [3.05, 3.63) is 45.4 Å². The molecule has 2 aromatic rings. The highest BCUT2D eigenvalue weighted by molar-refractivity contribution is 5.50. The number of nitro benzene ring substituents is 1. The predicted molar refractivity (Wildman–Crippen MR) is 71.2 cm³/mol. The molecule has 1 aliphatic carbocycles. The number of nitro groups is 1. The molecule has 0 atom stereocenters. The van der Waals surface area contributed by atoms with Gasteiger partial charge < -0.3 is 5.73 Å². The van der Waals surface area contributed by atoms with Crippen molar-refractivity contribution >= 4 is 11.5 Å². The van der Waals surface area contributed by atoms with Gasteiger partial charge in [0.1, 0.15) is 11.5 Å². The quantitative estimate of drug-likeness (QED) is 0.673. The average molecular weight is 276 g/mol. The maximum absolute atomic E-state index is 14.1. The second-order valence-electron chi connectivity index (χ2n) is 4.82. The van der Waals surface area contributed by atoms with E-state index in [1.807, 2.05) is 0 Å². The molecule has 7 heteroatoms. The molecule has 1 heterocycles. The molecular weight excluding hydrogens is 263 g/mol. The molecule has 0 saturated carbocycles. The van der Waals surface area contributed by atoms with Gasteiger partial charge >= 0.3 is 0 Å². The first kappa shape index (κ1) is 12.6. The summed E-state index contributed by atoms with van der Waals surface area (Å²) in [6.07, 6.45) is 3.68. The maximum Gasteiger partial charge on any atom is 0.272 e. The first-order chi connectivity index (χ1) is 9.58. The molecule has 0 bridgehead atoms. The van der Waals surface area contributed by atoms with Crippen molar-refractivity contribution in [1.82, 2.24) is 9.78 Å². The molecule has 0 fully saturated rings. The summed E-state index contributed by atoms with van der Waals surface area (Å²) in [6.45, 7) is 0. The van der Waals surface area contributed by atoms with Crippen molar-refractivity contribution < 1.29 is 9.31 Å². The Morgan fingerprint density at radius 3 is 2.80 bits per heavy atom. The third-order valence-electron chi connectivity index (χ3n) is 3.58. The van der Waals surface area contributed by atoms with E-state index >= 15 is 0 Å². The molecule has 0 radical (unpaired) electrons. The van der Waals surface area contributed by atoms with Gasteiger partial charge in [0.15, 0.2) is 5.82 Å². The number of benzene rings is 1.